The number of benzene rings is 2. The first-order valence-corrected chi connectivity index (χ1v) is 7.38. The van der Waals surface area contributed by atoms with Crippen LogP contribution >= 0.6 is 0 Å². The summed E-state index contributed by atoms with van der Waals surface area (Å²) in [4.78, 5) is 27.1. The third-order valence-corrected chi connectivity index (χ3v) is 4.48. The third-order valence-electron chi connectivity index (χ3n) is 4.48. The maximum absolute atomic E-state index is 12.8. The number of nitrogens with zero attached hydrogens (tertiary/aromatic N) is 1. The molecule has 0 saturated carbocycles. The number of amides is 2. The van der Waals surface area contributed by atoms with Gasteiger partial charge in [0.25, 0.3) is 11.8 Å². The molecule has 4 heteroatoms. The van der Waals surface area contributed by atoms with E-state index in [-0.39, 0.29) is 17.9 Å². The summed E-state index contributed by atoms with van der Waals surface area (Å²) in [6.45, 7) is 1.71. The smallest absolute Gasteiger partial charge is 0.261 e. The highest BCUT2D eigenvalue weighted by Crippen LogP contribution is 2.32. The minimum absolute atomic E-state index is 0.00913. The van der Waals surface area contributed by atoms with E-state index in [0.29, 0.717) is 11.1 Å². The first kappa shape index (κ1) is 12.5. The number of nitrogens with one attached hydrogen (secondary N) is 1. The average Bonchev–Trinajstić information content (AvgIpc) is 2.54. The summed E-state index contributed by atoms with van der Waals surface area (Å²) in [6, 6.07) is 11.3. The van der Waals surface area contributed by atoms with Crippen LogP contribution in [0.5, 0.6) is 0 Å². The predicted molar refractivity (Wildman–Crippen MR) is 80.3 cm³/mol. The van der Waals surface area contributed by atoms with Crippen LogP contribution < -0.4 is 5.32 Å². The molecule has 0 radical (unpaired) electrons. The summed E-state index contributed by atoms with van der Waals surface area (Å²) in [7, 11) is 0. The number of imide groups is 1. The fraction of sp³-hybridized carbons (Fsp3) is 0.294. The first-order chi connectivity index (χ1) is 10.3. The number of carbonyl (C=O) groups is 2. The standard InChI is InChI=1S/C17H16N2O2/c20-16-13-5-1-3-11-4-2-6-14(15(11)13)17(21)19(16)12-7-9-18-10-8-12/h1-6,12,18H,7-10H2. The van der Waals surface area contributed by atoms with Gasteiger partial charge in [-0.2, -0.15) is 0 Å². The van der Waals surface area contributed by atoms with Crippen molar-refractivity contribution in [3.05, 3.63) is 47.5 Å². The van der Waals surface area contributed by atoms with Gasteiger partial charge in [0.1, 0.15) is 0 Å². The number of hydrogen-bond donors (Lipinski definition) is 1. The van der Waals surface area contributed by atoms with Crippen molar-refractivity contribution in [3.8, 4) is 0 Å². The predicted octanol–water partition coefficient (Wildman–Crippen LogP) is 2.19. The number of rotatable bonds is 1. The molecule has 2 aliphatic heterocycles. The van der Waals surface area contributed by atoms with E-state index >= 15 is 0 Å². The molecule has 0 aliphatic carbocycles. The van der Waals surface area contributed by atoms with E-state index in [1.165, 1.54) is 4.90 Å². The van der Waals surface area contributed by atoms with Crippen molar-refractivity contribution in [2.75, 3.05) is 13.1 Å². The molecule has 0 atom stereocenters. The summed E-state index contributed by atoms with van der Waals surface area (Å²) in [6.07, 6.45) is 1.66. The Labute approximate surface area is 122 Å². The molecule has 0 aromatic heterocycles. The van der Waals surface area contributed by atoms with Gasteiger partial charge >= 0.3 is 0 Å². The molecule has 21 heavy (non-hydrogen) atoms. The Hall–Kier alpha value is -2.20. The molecule has 2 aliphatic rings. The van der Waals surface area contributed by atoms with Crippen LogP contribution in [-0.4, -0.2) is 35.8 Å². The van der Waals surface area contributed by atoms with Gasteiger partial charge in [0, 0.05) is 22.6 Å². The van der Waals surface area contributed by atoms with Gasteiger partial charge in [0.2, 0.25) is 0 Å². The number of piperidine rings is 1. The molecule has 2 aromatic carbocycles. The molecule has 4 rings (SSSR count). The Morgan fingerprint density at radius 2 is 1.48 bits per heavy atom. The van der Waals surface area contributed by atoms with E-state index in [9.17, 15) is 9.59 Å². The van der Waals surface area contributed by atoms with Crippen LogP contribution in [0.15, 0.2) is 36.4 Å². The van der Waals surface area contributed by atoms with Crippen molar-refractivity contribution in [2.45, 2.75) is 18.9 Å². The van der Waals surface area contributed by atoms with Crippen molar-refractivity contribution in [1.29, 1.82) is 0 Å². The summed E-state index contributed by atoms with van der Waals surface area (Å²) < 4.78 is 0. The van der Waals surface area contributed by atoms with Gasteiger partial charge in [-0.25, -0.2) is 0 Å². The van der Waals surface area contributed by atoms with E-state index in [2.05, 4.69) is 5.32 Å². The van der Waals surface area contributed by atoms with Gasteiger partial charge in [0.05, 0.1) is 0 Å². The number of hydrogen-bond acceptors (Lipinski definition) is 3. The molecule has 1 N–H and O–H groups in total. The molecule has 4 nitrogen and oxygen atoms in total. The molecule has 2 amide bonds. The lowest BCUT2D eigenvalue weighted by atomic mass is 9.92. The van der Waals surface area contributed by atoms with Crippen LogP contribution in [0.2, 0.25) is 0 Å². The molecule has 0 spiro atoms. The number of carbonyl (C=O) groups excluding carboxylic acids is 2. The molecule has 2 heterocycles. The highest BCUT2D eigenvalue weighted by atomic mass is 16.2. The molecule has 2 aromatic rings. The van der Waals surface area contributed by atoms with Crippen molar-refractivity contribution in [1.82, 2.24) is 10.2 Å². The molecular weight excluding hydrogens is 264 g/mol. The van der Waals surface area contributed by atoms with Crippen LogP contribution in [0.1, 0.15) is 33.6 Å². The zero-order valence-corrected chi connectivity index (χ0v) is 11.6. The third kappa shape index (κ3) is 1.79. The van der Waals surface area contributed by atoms with Crippen molar-refractivity contribution in [2.24, 2.45) is 0 Å². The second-order valence-corrected chi connectivity index (χ2v) is 5.67. The fourth-order valence-electron chi connectivity index (χ4n) is 3.45. The molecule has 0 unspecified atom stereocenters. The van der Waals surface area contributed by atoms with Crippen LogP contribution in [-0.2, 0) is 0 Å². The summed E-state index contributed by atoms with van der Waals surface area (Å²) in [5, 5.41) is 5.03. The highest BCUT2D eigenvalue weighted by Gasteiger charge is 2.37. The zero-order chi connectivity index (χ0) is 14.4. The van der Waals surface area contributed by atoms with Gasteiger partial charge in [-0.1, -0.05) is 24.3 Å². The van der Waals surface area contributed by atoms with E-state index in [1.807, 2.05) is 36.4 Å². The molecule has 1 saturated heterocycles. The van der Waals surface area contributed by atoms with E-state index in [0.717, 1.165) is 36.7 Å². The Morgan fingerprint density at radius 1 is 0.905 bits per heavy atom. The molecule has 106 valence electrons. The van der Waals surface area contributed by atoms with Gasteiger partial charge in [-0.15, -0.1) is 0 Å². The van der Waals surface area contributed by atoms with Gasteiger partial charge in [0.15, 0.2) is 0 Å². The first-order valence-electron chi connectivity index (χ1n) is 7.38. The lowest BCUT2D eigenvalue weighted by molar-refractivity contribution is 0.0510. The van der Waals surface area contributed by atoms with Crippen LogP contribution in [0.25, 0.3) is 10.8 Å². The van der Waals surface area contributed by atoms with Crippen molar-refractivity contribution in [3.63, 3.8) is 0 Å². The van der Waals surface area contributed by atoms with Crippen molar-refractivity contribution >= 4 is 22.6 Å². The highest BCUT2D eigenvalue weighted by molar-refractivity contribution is 6.25. The Kier molecular flexibility index (Phi) is 2.79. The topological polar surface area (TPSA) is 49.4 Å². The monoisotopic (exact) mass is 280 g/mol. The largest absolute Gasteiger partial charge is 0.317 e. The summed E-state index contributed by atoms with van der Waals surface area (Å²) in [5.74, 6) is -0.285. The van der Waals surface area contributed by atoms with E-state index in [4.69, 9.17) is 0 Å². The fourth-order valence-corrected chi connectivity index (χ4v) is 3.45. The Bertz CT molecular complexity index is 697. The Balaban J connectivity index is 1.88. The van der Waals surface area contributed by atoms with Crippen LogP contribution in [0, 0.1) is 0 Å². The second kappa shape index (κ2) is 4.67. The minimum Gasteiger partial charge on any atom is -0.317 e. The normalized spacial score (nSPS) is 19.3. The average molecular weight is 280 g/mol. The summed E-state index contributed by atoms with van der Waals surface area (Å²) >= 11 is 0. The van der Waals surface area contributed by atoms with Crippen LogP contribution in [0.3, 0.4) is 0 Å². The summed E-state index contributed by atoms with van der Waals surface area (Å²) in [5.41, 5.74) is 1.31. The molecule has 1 fully saturated rings. The second-order valence-electron chi connectivity index (χ2n) is 5.67. The van der Waals surface area contributed by atoms with E-state index in [1.54, 1.807) is 0 Å². The maximum atomic E-state index is 12.8. The van der Waals surface area contributed by atoms with Gasteiger partial charge < -0.3 is 5.32 Å². The lowest BCUT2D eigenvalue weighted by Gasteiger charge is -2.36. The zero-order valence-electron chi connectivity index (χ0n) is 11.6. The van der Waals surface area contributed by atoms with Crippen LogP contribution in [0.4, 0.5) is 0 Å². The van der Waals surface area contributed by atoms with Crippen molar-refractivity contribution < 1.29 is 9.59 Å². The SMILES string of the molecule is O=C1c2cccc3cccc(c23)C(=O)N1C1CCNCC1. The maximum Gasteiger partial charge on any atom is 0.261 e. The minimum atomic E-state index is -0.142. The molecular formula is C17H16N2O2. The quantitative estimate of drug-likeness (QED) is 0.815. The van der Waals surface area contributed by atoms with E-state index < -0.39 is 0 Å². The Morgan fingerprint density at radius 3 is 2.05 bits per heavy atom. The van der Waals surface area contributed by atoms with Gasteiger partial charge in [-0.05, 0) is 43.5 Å². The lowest BCUT2D eigenvalue weighted by Crippen LogP contribution is -2.50. The molecule has 0 bridgehead atoms. The van der Waals surface area contributed by atoms with Gasteiger partial charge in [-0.3, -0.25) is 14.5 Å².